The van der Waals surface area contributed by atoms with Crippen molar-refractivity contribution in [2.75, 3.05) is 25.6 Å². The quantitative estimate of drug-likeness (QED) is 0.553. The second-order valence-electron chi connectivity index (χ2n) is 9.56. The van der Waals surface area contributed by atoms with Crippen LogP contribution < -0.4 is 5.32 Å². The van der Waals surface area contributed by atoms with E-state index in [1.807, 2.05) is 13.8 Å². The molecule has 182 valence electrons. The molecule has 8 nitrogen and oxygen atoms in total. The van der Waals surface area contributed by atoms with E-state index in [-0.39, 0.29) is 18.7 Å². The number of rotatable bonds is 5. The van der Waals surface area contributed by atoms with Gasteiger partial charge in [0.05, 0.1) is 41.2 Å². The van der Waals surface area contributed by atoms with E-state index in [2.05, 4.69) is 31.8 Å². The molecule has 0 saturated carbocycles. The van der Waals surface area contributed by atoms with Crippen molar-refractivity contribution in [3.63, 3.8) is 0 Å². The lowest BCUT2D eigenvalue weighted by Crippen LogP contribution is -2.42. The molecule has 3 aromatic rings. The number of imidazole rings is 1. The largest absolute Gasteiger partial charge is 0.389 e. The van der Waals surface area contributed by atoms with Crippen LogP contribution >= 0.6 is 11.6 Å². The lowest BCUT2D eigenvalue weighted by molar-refractivity contribution is -0.0136. The molecule has 2 aliphatic heterocycles. The maximum absolute atomic E-state index is 15.5. The highest BCUT2D eigenvalue weighted by molar-refractivity contribution is 6.33. The molecule has 0 amide bonds. The van der Waals surface area contributed by atoms with Gasteiger partial charge in [-0.05, 0) is 51.7 Å². The maximum Gasteiger partial charge on any atom is 0.223 e. The molecule has 0 aliphatic carbocycles. The van der Waals surface area contributed by atoms with E-state index in [0.717, 1.165) is 23.9 Å². The minimum absolute atomic E-state index is 0.143. The molecule has 1 aromatic carbocycles. The molecule has 0 radical (unpaired) electrons. The van der Waals surface area contributed by atoms with Gasteiger partial charge in [0.2, 0.25) is 5.95 Å². The fraction of sp³-hybridized carbons (Fsp3) is 0.542. The summed E-state index contributed by atoms with van der Waals surface area (Å²) in [6.07, 6.45) is 3.09. The number of nitrogens with zero attached hydrogens (tertiary/aromatic N) is 4. The van der Waals surface area contributed by atoms with Crippen LogP contribution in [0.2, 0.25) is 5.02 Å². The van der Waals surface area contributed by atoms with Gasteiger partial charge in [0.15, 0.2) is 5.82 Å². The third-order valence-electron chi connectivity index (χ3n) is 6.96. The number of aliphatic hydroxyl groups is 1. The van der Waals surface area contributed by atoms with Crippen molar-refractivity contribution >= 4 is 28.6 Å². The van der Waals surface area contributed by atoms with Gasteiger partial charge in [0.25, 0.3) is 0 Å². The van der Waals surface area contributed by atoms with E-state index in [1.54, 1.807) is 7.11 Å². The molecule has 3 atom stereocenters. The minimum Gasteiger partial charge on any atom is -0.389 e. The van der Waals surface area contributed by atoms with Crippen molar-refractivity contribution in [2.45, 2.75) is 63.8 Å². The van der Waals surface area contributed by atoms with E-state index < -0.39 is 17.5 Å². The predicted molar refractivity (Wildman–Crippen MR) is 128 cm³/mol. The van der Waals surface area contributed by atoms with Crippen LogP contribution in [0.1, 0.15) is 51.0 Å². The Morgan fingerprint density at radius 3 is 2.85 bits per heavy atom. The number of benzene rings is 1. The second kappa shape index (κ2) is 8.71. The van der Waals surface area contributed by atoms with Crippen LogP contribution in [0.3, 0.4) is 0 Å². The number of aromatic nitrogens is 4. The van der Waals surface area contributed by atoms with Crippen LogP contribution in [-0.2, 0) is 21.5 Å². The van der Waals surface area contributed by atoms with Gasteiger partial charge in [-0.3, -0.25) is 0 Å². The zero-order valence-electron chi connectivity index (χ0n) is 19.7. The van der Waals surface area contributed by atoms with Crippen LogP contribution in [-0.4, -0.2) is 57.1 Å². The number of halogens is 2. The second-order valence-corrected chi connectivity index (χ2v) is 9.97. The first-order valence-corrected chi connectivity index (χ1v) is 11.9. The van der Waals surface area contributed by atoms with Gasteiger partial charge in [-0.25, -0.2) is 19.3 Å². The van der Waals surface area contributed by atoms with Crippen LogP contribution in [0.4, 0.5) is 10.3 Å². The molecule has 0 spiro atoms. The van der Waals surface area contributed by atoms with Crippen LogP contribution in [0.25, 0.3) is 22.3 Å². The summed E-state index contributed by atoms with van der Waals surface area (Å²) in [5, 5.41) is 13.7. The molecule has 2 N–H and O–H groups in total. The number of aliphatic hydroxyl groups excluding tert-OH is 1. The lowest BCUT2D eigenvalue weighted by Gasteiger charge is -2.30. The zero-order chi connectivity index (χ0) is 24.2. The van der Waals surface area contributed by atoms with Crippen molar-refractivity contribution in [2.24, 2.45) is 0 Å². The van der Waals surface area contributed by atoms with Crippen molar-refractivity contribution < 1.29 is 19.0 Å². The number of nitrogens with one attached hydrogen (secondary N) is 1. The Labute approximate surface area is 202 Å². The summed E-state index contributed by atoms with van der Waals surface area (Å²) in [6.45, 7) is 6.78. The van der Waals surface area contributed by atoms with Crippen molar-refractivity contribution in [3.8, 4) is 11.3 Å². The minimum atomic E-state index is -0.678. The lowest BCUT2D eigenvalue weighted by atomic mass is 9.93. The summed E-state index contributed by atoms with van der Waals surface area (Å²) in [5.41, 5.74) is 2.45. The van der Waals surface area contributed by atoms with Crippen LogP contribution in [0.5, 0.6) is 0 Å². The third kappa shape index (κ3) is 3.84. The van der Waals surface area contributed by atoms with Crippen molar-refractivity contribution in [1.29, 1.82) is 0 Å². The molecule has 2 aliphatic rings. The number of hydrogen-bond donors (Lipinski definition) is 2. The van der Waals surface area contributed by atoms with Gasteiger partial charge in [-0.2, -0.15) is 0 Å². The Morgan fingerprint density at radius 1 is 1.32 bits per heavy atom. The molecule has 2 aromatic heterocycles. The summed E-state index contributed by atoms with van der Waals surface area (Å²) < 4.78 is 28.6. The van der Waals surface area contributed by atoms with Gasteiger partial charge >= 0.3 is 0 Å². The predicted octanol–water partition coefficient (Wildman–Crippen LogP) is 4.24. The molecule has 1 fully saturated rings. The first-order valence-electron chi connectivity index (χ1n) is 11.6. The molecule has 34 heavy (non-hydrogen) atoms. The Kier molecular flexibility index (Phi) is 6.00. The fourth-order valence-electron chi connectivity index (χ4n) is 4.87. The van der Waals surface area contributed by atoms with Gasteiger partial charge in [-0.15, -0.1) is 0 Å². The average Bonchev–Trinajstić information content (AvgIpc) is 3.24. The Bertz CT molecular complexity index is 1250. The van der Waals surface area contributed by atoms with E-state index in [4.69, 9.17) is 21.1 Å². The Hall–Kier alpha value is -2.33. The van der Waals surface area contributed by atoms with E-state index in [1.165, 1.54) is 12.3 Å². The SMILES string of the molecule is COC(C)(C)c1nc2c(F)cc(-c3nc(N[C@@H]4CCOC[C@H]4O)ncc3Cl)c3c2n1[C@H](C)CC3. The van der Waals surface area contributed by atoms with E-state index in [0.29, 0.717) is 46.6 Å². The summed E-state index contributed by atoms with van der Waals surface area (Å²) in [7, 11) is 1.63. The first-order chi connectivity index (χ1) is 16.2. The van der Waals surface area contributed by atoms with Gasteiger partial charge in [-0.1, -0.05) is 11.6 Å². The Balaban J connectivity index is 1.66. The highest BCUT2D eigenvalue weighted by Crippen LogP contribution is 2.42. The summed E-state index contributed by atoms with van der Waals surface area (Å²) in [5.74, 6) is 0.592. The molecule has 5 rings (SSSR count). The van der Waals surface area contributed by atoms with Gasteiger partial charge in [0, 0.05) is 25.3 Å². The van der Waals surface area contributed by atoms with Gasteiger partial charge < -0.3 is 24.5 Å². The average molecular weight is 490 g/mol. The smallest absolute Gasteiger partial charge is 0.223 e. The normalized spacial score (nSPS) is 22.9. The first kappa shape index (κ1) is 23.4. The summed E-state index contributed by atoms with van der Waals surface area (Å²) >= 11 is 6.53. The molecular formula is C24H29ClFN5O3. The number of ether oxygens (including phenoxy) is 2. The highest BCUT2D eigenvalue weighted by atomic mass is 35.5. The maximum atomic E-state index is 15.5. The third-order valence-corrected chi connectivity index (χ3v) is 7.24. The Morgan fingerprint density at radius 2 is 2.12 bits per heavy atom. The molecule has 1 saturated heterocycles. The van der Waals surface area contributed by atoms with Crippen LogP contribution in [0, 0.1) is 5.82 Å². The molecular weight excluding hydrogens is 461 g/mol. The molecule has 10 heteroatoms. The molecule has 0 bridgehead atoms. The standard InChI is InChI=1S/C24H29ClFN5O3/c1-12-5-6-13-14(9-16(26)20-21(13)31(12)22(29-20)24(2,3)33-4)19-15(25)10-27-23(30-19)28-17-7-8-34-11-18(17)32/h9-10,12,17-18,32H,5-8,11H2,1-4H3,(H,27,28,30)/t12-,17-,18-/m1/s1. The van der Waals surface area contributed by atoms with Crippen LogP contribution in [0.15, 0.2) is 12.3 Å². The summed E-state index contributed by atoms with van der Waals surface area (Å²) in [6, 6.07) is 1.38. The number of anilines is 1. The zero-order valence-corrected chi connectivity index (χ0v) is 20.5. The molecule has 4 heterocycles. The van der Waals surface area contributed by atoms with E-state index in [9.17, 15) is 5.11 Å². The number of aryl methyl sites for hydroxylation is 1. The van der Waals surface area contributed by atoms with Gasteiger partial charge in [0.1, 0.15) is 16.9 Å². The monoisotopic (exact) mass is 489 g/mol. The fourth-order valence-corrected chi connectivity index (χ4v) is 5.06. The van der Waals surface area contributed by atoms with Crippen molar-refractivity contribution in [1.82, 2.24) is 19.5 Å². The van der Waals surface area contributed by atoms with E-state index >= 15 is 4.39 Å². The molecule has 0 unspecified atom stereocenters. The summed E-state index contributed by atoms with van der Waals surface area (Å²) in [4.78, 5) is 13.6. The number of methoxy groups -OCH3 is 1. The topological polar surface area (TPSA) is 94.3 Å². The highest BCUT2D eigenvalue weighted by Gasteiger charge is 2.35. The number of hydrogen-bond acceptors (Lipinski definition) is 7. The van der Waals surface area contributed by atoms with Crippen molar-refractivity contribution in [3.05, 3.63) is 34.5 Å².